The molecule has 5 nitrogen and oxygen atoms in total. The van der Waals surface area contributed by atoms with Gasteiger partial charge in [-0.2, -0.15) is 0 Å². The second-order valence-electron chi connectivity index (χ2n) is 9.50. The van der Waals surface area contributed by atoms with Gasteiger partial charge in [0.25, 0.3) is 0 Å². The molecule has 4 atom stereocenters. The summed E-state index contributed by atoms with van der Waals surface area (Å²) in [5.74, 6) is 1.84. The van der Waals surface area contributed by atoms with E-state index in [1.807, 2.05) is 7.05 Å². The number of rotatable bonds is 5. The molecule has 2 saturated heterocycles. The molecule has 2 fully saturated rings. The van der Waals surface area contributed by atoms with Crippen LogP contribution in [0.15, 0.2) is 35.3 Å². The van der Waals surface area contributed by atoms with E-state index in [0.717, 1.165) is 45.1 Å². The molecule has 2 N–H and O–H groups in total. The SMILES string of the molecule is CN=C(NCC1CCCOC1c1ccccc1)NCC1CCCOC1C(C)(C)C.I. The molecule has 2 aliphatic rings. The van der Waals surface area contributed by atoms with E-state index >= 15 is 0 Å². The minimum Gasteiger partial charge on any atom is -0.377 e. The van der Waals surface area contributed by atoms with Gasteiger partial charge in [-0.05, 0) is 36.7 Å². The Morgan fingerprint density at radius 1 is 0.967 bits per heavy atom. The number of ether oxygens (including phenoxy) is 2. The van der Waals surface area contributed by atoms with Crippen molar-refractivity contribution < 1.29 is 9.47 Å². The molecule has 3 rings (SSSR count). The first kappa shape index (κ1) is 25.4. The van der Waals surface area contributed by atoms with Crippen LogP contribution in [0, 0.1) is 17.3 Å². The van der Waals surface area contributed by atoms with Gasteiger partial charge in [0.05, 0.1) is 12.2 Å². The molecule has 30 heavy (non-hydrogen) atoms. The van der Waals surface area contributed by atoms with Crippen LogP contribution in [0.4, 0.5) is 0 Å². The molecule has 1 aromatic carbocycles. The van der Waals surface area contributed by atoms with Crippen molar-refractivity contribution in [2.75, 3.05) is 33.4 Å². The molecular weight excluding hydrogens is 489 g/mol. The lowest BCUT2D eigenvalue weighted by atomic mass is 9.78. The average Bonchev–Trinajstić information content (AvgIpc) is 2.74. The molecule has 4 unspecified atom stereocenters. The van der Waals surface area contributed by atoms with Crippen molar-refractivity contribution in [1.82, 2.24) is 10.6 Å². The normalized spacial score (nSPS) is 27.8. The lowest BCUT2D eigenvalue weighted by molar-refractivity contribution is -0.0835. The predicted molar refractivity (Wildman–Crippen MR) is 135 cm³/mol. The highest BCUT2D eigenvalue weighted by Gasteiger charge is 2.35. The van der Waals surface area contributed by atoms with Crippen LogP contribution in [0.25, 0.3) is 0 Å². The second-order valence-corrected chi connectivity index (χ2v) is 9.50. The maximum atomic E-state index is 6.13. The highest BCUT2D eigenvalue weighted by atomic mass is 127. The van der Waals surface area contributed by atoms with Gasteiger partial charge in [0, 0.05) is 45.2 Å². The van der Waals surface area contributed by atoms with Crippen molar-refractivity contribution >= 4 is 29.9 Å². The minimum atomic E-state index is 0. The van der Waals surface area contributed by atoms with Crippen molar-refractivity contribution in [2.24, 2.45) is 22.2 Å². The van der Waals surface area contributed by atoms with Gasteiger partial charge in [-0.1, -0.05) is 51.1 Å². The molecule has 0 radical (unpaired) electrons. The maximum Gasteiger partial charge on any atom is 0.191 e. The highest BCUT2D eigenvalue weighted by molar-refractivity contribution is 14.0. The van der Waals surface area contributed by atoms with E-state index in [-0.39, 0.29) is 41.6 Å². The number of hydrogen-bond donors (Lipinski definition) is 2. The highest BCUT2D eigenvalue weighted by Crippen LogP contribution is 2.34. The largest absolute Gasteiger partial charge is 0.377 e. The van der Waals surface area contributed by atoms with E-state index in [9.17, 15) is 0 Å². The van der Waals surface area contributed by atoms with Gasteiger partial charge < -0.3 is 20.1 Å². The topological polar surface area (TPSA) is 54.9 Å². The zero-order valence-corrected chi connectivity index (χ0v) is 21.4. The molecular formula is C24H40IN3O2. The Kier molecular flexibility index (Phi) is 10.4. The number of guanidine groups is 1. The lowest BCUT2D eigenvalue weighted by Gasteiger charge is -2.40. The molecule has 170 valence electrons. The zero-order chi connectivity index (χ0) is 20.7. The molecule has 2 heterocycles. The van der Waals surface area contributed by atoms with Crippen LogP contribution >= 0.6 is 24.0 Å². The van der Waals surface area contributed by atoms with Crippen LogP contribution in [0.5, 0.6) is 0 Å². The Labute approximate surface area is 199 Å². The molecule has 0 aliphatic carbocycles. The Bertz CT molecular complexity index is 648. The van der Waals surface area contributed by atoms with Gasteiger partial charge in [0.15, 0.2) is 5.96 Å². The molecule has 2 aliphatic heterocycles. The third-order valence-electron chi connectivity index (χ3n) is 6.16. The maximum absolute atomic E-state index is 6.13. The van der Waals surface area contributed by atoms with Gasteiger partial charge in [-0.3, -0.25) is 4.99 Å². The summed E-state index contributed by atoms with van der Waals surface area (Å²) < 4.78 is 12.3. The summed E-state index contributed by atoms with van der Waals surface area (Å²) in [6.45, 7) is 10.3. The number of nitrogens with zero attached hydrogens (tertiary/aromatic N) is 1. The molecule has 1 aromatic rings. The third kappa shape index (κ3) is 7.09. The average molecular weight is 530 g/mol. The fraction of sp³-hybridized carbons (Fsp3) is 0.708. The monoisotopic (exact) mass is 529 g/mol. The van der Waals surface area contributed by atoms with Crippen molar-refractivity contribution in [3.8, 4) is 0 Å². The summed E-state index contributed by atoms with van der Waals surface area (Å²) >= 11 is 0. The lowest BCUT2D eigenvalue weighted by Crippen LogP contribution is -2.48. The van der Waals surface area contributed by atoms with Crippen molar-refractivity contribution in [2.45, 2.75) is 58.7 Å². The van der Waals surface area contributed by atoms with Gasteiger partial charge in [0.1, 0.15) is 0 Å². The van der Waals surface area contributed by atoms with E-state index in [2.05, 4.69) is 66.7 Å². The first-order valence-electron chi connectivity index (χ1n) is 11.2. The van der Waals surface area contributed by atoms with Crippen LogP contribution in [0.1, 0.15) is 58.1 Å². The molecule has 0 saturated carbocycles. The van der Waals surface area contributed by atoms with Gasteiger partial charge in [-0.25, -0.2) is 0 Å². The first-order valence-corrected chi connectivity index (χ1v) is 11.2. The van der Waals surface area contributed by atoms with Crippen LogP contribution in [-0.4, -0.2) is 45.4 Å². The molecule has 0 amide bonds. The Hall–Kier alpha value is -0.860. The number of halogens is 1. The van der Waals surface area contributed by atoms with E-state index < -0.39 is 0 Å². The van der Waals surface area contributed by atoms with E-state index in [1.165, 1.54) is 18.4 Å². The van der Waals surface area contributed by atoms with Gasteiger partial charge >= 0.3 is 0 Å². The predicted octanol–water partition coefficient (Wildman–Crippen LogP) is 4.78. The third-order valence-corrected chi connectivity index (χ3v) is 6.16. The molecule has 0 spiro atoms. The molecule has 0 aromatic heterocycles. The standard InChI is InChI=1S/C24H39N3O2.HI/c1-24(2,3)22-20(13-9-15-29-22)17-27-23(25-4)26-16-19-12-8-14-28-21(19)18-10-6-5-7-11-18;/h5-7,10-11,19-22H,8-9,12-17H2,1-4H3,(H2,25,26,27);1H. The number of aliphatic imine (C=N–C) groups is 1. The summed E-state index contributed by atoms with van der Waals surface area (Å²) in [4.78, 5) is 4.45. The van der Waals surface area contributed by atoms with Gasteiger partial charge in [0.2, 0.25) is 0 Å². The Morgan fingerprint density at radius 2 is 1.57 bits per heavy atom. The zero-order valence-electron chi connectivity index (χ0n) is 19.0. The van der Waals surface area contributed by atoms with E-state index in [0.29, 0.717) is 11.8 Å². The van der Waals surface area contributed by atoms with Gasteiger partial charge in [-0.15, -0.1) is 24.0 Å². The summed E-state index contributed by atoms with van der Waals surface area (Å²) in [6.07, 6.45) is 5.09. The Balaban J connectivity index is 0.00000320. The van der Waals surface area contributed by atoms with Crippen LogP contribution in [-0.2, 0) is 9.47 Å². The van der Waals surface area contributed by atoms with Crippen molar-refractivity contribution in [3.63, 3.8) is 0 Å². The van der Waals surface area contributed by atoms with Crippen LogP contribution in [0.2, 0.25) is 0 Å². The van der Waals surface area contributed by atoms with Crippen molar-refractivity contribution in [3.05, 3.63) is 35.9 Å². The van der Waals surface area contributed by atoms with E-state index in [1.54, 1.807) is 0 Å². The second kappa shape index (κ2) is 12.2. The molecule has 6 heteroatoms. The fourth-order valence-corrected chi connectivity index (χ4v) is 4.75. The summed E-state index contributed by atoms with van der Waals surface area (Å²) in [7, 11) is 1.85. The quantitative estimate of drug-likeness (QED) is 0.328. The fourth-order valence-electron chi connectivity index (χ4n) is 4.75. The number of hydrogen-bond acceptors (Lipinski definition) is 3. The smallest absolute Gasteiger partial charge is 0.191 e. The first-order chi connectivity index (χ1) is 14.0. The molecule has 0 bridgehead atoms. The summed E-state index contributed by atoms with van der Waals surface area (Å²) in [5.41, 5.74) is 1.43. The number of nitrogens with one attached hydrogen (secondary N) is 2. The van der Waals surface area contributed by atoms with Crippen LogP contribution in [0.3, 0.4) is 0 Å². The van der Waals surface area contributed by atoms with E-state index in [4.69, 9.17) is 9.47 Å². The number of benzene rings is 1. The van der Waals surface area contributed by atoms with Crippen molar-refractivity contribution in [1.29, 1.82) is 0 Å². The summed E-state index contributed by atoms with van der Waals surface area (Å²) in [6, 6.07) is 10.6. The summed E-state index contributed by atoms with van der Waals surface area (Å²) in [5, 5.41) is 7.10. The minimum absolute atomic E-state index is 0. The Morgan fingerprint density at radius 3 is 2.20 bits per heavy atom. The van der Waals surface area contributed by atoms with Crippen LogP contribution < -0.4 is 10.6 Å².